The van der Waals surface area contributed by atoms with Crippen molar-refractivity contribution in [2.75, 3.05) is 19.6 Å². The number of nitrogens with zero attached hydrogens (tertiary/aromatic N) is 2. The van der Waals surface area contributed by atoms with Crippen LogP contribution in [-0.4, -0.2) is 29.5 Å². The van der Waals surface area contributed by atoms with Gasteiger partial charge in [-0.2, -0.15) is 0 Å². The number of likely N-dealkylation sites (tertiary alicyclic amines) is 1. The average Bonchev–Trinajstić information content (AvgIpc) is 2.77. The maximum atomic E-state index is 5.78. The second-order valence-corrected chi connectivity index (χ2v) is 7.46. The van der Waals surface area contributed by atoms with Crippen molar-refractivity contribution >= 4 is 23.7 Å². The highest BCUT2D eigenvalue weighted by Gasteiger charge is 2.21. The van der Waals surface area contributed by atoms with Crippen LogP contribution in [0.2, 0.25) is 0 Å². The third-order valence-corrected chi connectivity index (χ3v) is 5.00. The van der Waals surface area contributed by atoms with Crippen molar-refractivity contribution in [2.24, 2.45) is 11.7 Å². The van der Waals surface area contributed by atoms with E-state index in [1.54, 1.807) is 0 Å². The second-order valence-electron chi connectivity index (χ2n) is 6.35. The Hall–Kier alpha value is -0.160. The van der Waals surface area contributed by atoms with Crippen LogP contribution < -0.4 is 5.73 Å². The summed E-state index contributed by atoms with van der Waals surface area (Å²) < 4.78 is 0. The van der Waals surface area contributed by atoms with Gasteiger partial charge in [-0.3, -0.25) is 4.90 Å². The van der Waals surface area contributed by atoms with Crippen LogP contribution in [0.15, 0.2) is 6.20 Å². The minimum atomic E-state index is 0. The van der Waals surface area contributed by atoms with Gasteiger partial charge >= 0.3 is 0 Å². The first-order chi connectivity index (χ1) is 8.49. The first-order valence-electron chi connectivity index (χ1n) is 6.86. The molecule has 2 rings (SSSR count). The van der Waals surface area contributed by atoms with Crippen molar-refractivity contribution in [3.63, 3.8) is 0 Å². The summed E-state index contributed by atoms with van der Waals surface area (Å²) in [5.41, 5.74) is 6.00. The van der Waals surface area contributed by atoms with Crippen molar-refractivity contribution in [1.82, 2.24) is 9.88 Å². The van der Waals surface area contributed by atoms with Crippen LogP contribution in [0.3, 0.4) is 0 Å². The summed E-state index contributed by atoms with van der Waals surface area (Å²) in [5.74, 6) is 0.681. The van der Waals surface area contributed by atoms with Gasteiger partial charge in [-0.05, 0) is 37.3 Å². The fourth-order valence-corrected chi connectivity index (χ4v) is 3.43. The third kappa shape index (κ3) is 4.71. The summed E-state index contributed by atoms with van der Waals surface area (Å²) in [5, 5.41) is 1.25. The normalized spacial score (nSPS) is 21.2. The summed E-state index contributed by atoms with van der Waals surface area (Å²) in [6.45, 7) is 10.9. The smallest absolute Gasteiger partial charge is 0.107 e. The minimum Gasteiger partial charge on any atom is -0.330 e. The van der Waals surface area contributed by atoms with E-state index in [0.29, 0.717) is 5.92 Å². The summed E-state index contributed by atoms with van der Waals surface area (Å²) in [6.07, 6.45) is 4.61. The lowest BCUT2D eigenvalue weighted by atomic mass is 9.96. The maximum Gasteiger partial charge on any atom is 0.107 e. The van der Waals surface area contributed by atoms with Crippen molar-refractivity contribution in [3.8, 4) is 0 Å². The predicted molar refractivity (Wildman–Crippen MR) is 85.1 cm³/mol. The fraction of sp³-hybridized carbons (Fsp3) is 0.786. The van der Waals surface area contributed by atoms with Gasteiger partial charge in [0.15, 0.2) is 0 Å². The SMILES string of the molecule is CC(C)(C)c1cnc(CN2CCCC(CN)C2)s1.Cl. The van der Waals surface area contributed by atoms with E-state index < -0.39 is 0 Å². The molecule has 1 fully saturated rings. The molecule has 110 valence electrons. The highest BCUT2D eigenvalue weighted by Crippen LogP contribution is 2.28. The topological polar surface area (TPSA) is 42.2 Å². The van der Waals surface area contributed by atoms with Crippen molar-refractivity contribution in [2.45, 2.75) is 45.6 Å². The molecule has 0 aromatic carbocycles. The molecule has 0 saturated carbocycles. The molecule has 2 heterocycles. The number of nitrogens with two attached hydrogens (primary N) is 1. The van der Waals surface area contributed by atoms with E-state index in [-0.39, 0.29) is 17.8 Å². The Morgan fingerprint density at radius 1 is 1.47 bits per heavy atom. The number of hydrogen-bond acceptors (Lipinski definition) is 4. The molecular weight excluding hydrogens is 278 g/mol. The zero-order valence-electron chi connectivity index (χ0n) is 12.2. The highest BCUT2D eigenvalue weighted by atomic mass is 35.5. The van der Waals surface area contributed by atoms with E-state index in [9.17, 15) is 0 Å². The minimum absolute atomic E-state index is 0. The zero-order chi connectivity index (χ0) is 13.2. The van der Waals surface area contributed by atoms with Gasteiger partial charge in [-0.1, -0.05) is 20.8 Å². The van der Waals surface area contributed by atoms with E-state index in [2.05, 4.69) is 30.7 Å². The summed E-state index contributed by atoms with van der Waals surface area (Å²) in [7, 11) is 0. The summed E-state index contributed by atoms with van der Waals surface area (Å²) in [4.78, 5) is 8.46. The lowest BCUT2D eigenvalue weighted by Gasteiger charge is -2.31. The predicted octanol–water partition coefficient (Wildman–Crippen LogP) is 3.03. The standard InChI is InChI=1S/C14H25N3S.ClH/c1-14(2,3)12-8-16-13(18-12)10-17-6-4-5-11(7-15)9-17;/h8,11H,4-7,9-10,15H2,1-3H3;1H. The molecule has 0 spiro atoms. The average molecular weight is 304 g/mol. The molecule has 0 aliphatic carbocycles. The zero-order valence-corrected chi connectivity index (χ0v) is 13.8. The van der Waals surface area contributed by atoms with Crippen LogP contribution in [0, 0.1) is 5.92 Å². The number of thiazole rings is 1. The molecule has 5 heteroatoms. The third-order valence-electron chi connectivity index (χ3n) is 3.59. The molecule has 0 radical (unpaired) electrons. The van der Waals surface area contributed by atoms with Crippen LogP contribution in [0.25, 0.3) is 0 Å². The van der Waals surface area contributed by atoms with Crippen LogP contribution in [0.1, 0.15) is 43.5 Å². The van der Waals surface area contributed by atoms with E-state index in [1.807, 2.05) is 17.5 Å². The molecule has 2 N–H and O–H groups in total. The van der Waals surface area contributed by atoms with Crippen LogP contribution in [-0.2, 0) is 12.0 Å². The molecule has 1 aromatic heterocycles. The molecule has 19 heavy (non-hydrogen) atoms. The van der Waals surface area contributed by atoms with E-state index in [1.165, 1.54) is 29.3 Å². The monoisotopic (exact) mass is 303 g/mol. The number of aromatic nitrogens is 1. The molecular formula is C14H26ClN3S. The van der Waals surface area contributed by atoms with Gasteiger partial charge in [-0.15, -0.1) is 23.7 Å². The molecule has 1 saturated heterocycles. The van der Waals surface area contributed by atoms with Crippen molar-refractivity contribution in [3.05, 3.63) is 16.1 Å². The van der Waals surface area contributed by atoms with E-state index >= 15 is 0 Å². The number of hydrogen-bond donors (Lipinski definition) is 1. The Labute approximate surface area is 127 Å². The van der Waals surface area contributed by atoms with Gasteiger partial charge in [0, 0.05) is 17.6 Å². The van der Waals surface area contributed by atoms with Gasteiger partial charge in [0.1, 0.15) is 5.01 Å². The highest BCUT2D eigenvalue weighted by molar-refractivity contribution is 7.11. The first kappa shape index (κ1) is 16.9. The Morgan fingerprint density at radius 2 is 2.21 bits per heavy atom. The van der Waals surface area contributed by atoms with Crippen LogP contribution in [0.5, 0.6) is 0 Å². The fourth-order valence-electron chi connectivity index (χ4n) is 2.41. The Kier molecular flexibility index (Phi) is 6.24. The summed E-state index contributed by atoms with van der Waals surface area (Å²) >= 11 is 1.86. The second kappa shape index (κ2) is 7.02. The first-order valence-corrected chi connectivity index (χ1v) is 7.68. The molecule has 1 aliphatic heterocycles. The van der Waals surface area contributed by atoms with Gasteiger partial charge in [0.2, 0.25) is 0 Å². The van der Waals surface area contributed by atoms with Gasteiger partial charge in [0.25, 0.3) is 0 Å². The molecule has 1 unspecified atom stereocenters. The van der Waals surface area contributed by atoms with Crippen LogP contribution in [0.4, 0.5) is 0 Å². The maximum absolute atomic E-state index is 5.78. The van der Waals surface area contributed by atoms with E-state index in [0.717, 1.165) is 19.6 Å². The number of rotatable bonds is 3. The van der Waals surface area contributed by atoms with Crippen molar-refractivity contribution < 1.29 is 0 Å². The molecule has 1 aliphatic rings. The Bertz CT molecular complexity index is 386. The van der Waals surface area contributed by atoms with Crippen molar-refractivity contribution in [1.29, 1.82) is 0 Å². The van der Waals surface area contributed by atoms with Crippen LogP contribution >= 0.6 is 23.7 Å². The Balaban J connectivity index is 0.00000180. The van der Waals surface area contributed by atoms with Gasteiger partial charge in [-0.25, -0.2) is 4.98 Å². The molecule has 1 aromatic rings. The van der Waals surface area contributed by atoms with Gasteiger partial charge in [0.05, 0.1) is 6.54 Å². The number of halogens is 1. The quantitative estimate of drug-likeness (QED) is 0.933. The Morgan fingerprint density at radius 3 is 2.79 bits per heavy atom. The lowest BCUT2D eigenvalue weighted by molar-refractivity contribution is 0.171. The van der Waals surface area contributed by atoms with E-state index in [4.69, 9.17) is 5.73 Å². The van der Waals surface area contributed by atoms with Gasteiger partial charge < -0.3 is 5.73 Å². The molecule has 0 amide bonds. The molecule has 1 atom stereocenters. The largest absolute Gasteiger partial charge is 0.330 e. The molecule has 0 bridgehead atoms. The molecule has 3 nitrogen and oxygen atoms in total. The summed E-state index contributed by atoms with van der Waals surface area (Å²) in [6, 6.07) is 0. The lowest BCUT2D eigenvalue weighted by Crippen LogP contribution is -2.37. The number of piperidine rings is 1.